The fourth-order valence-corrected chi connectivity index (χ4v) is 2.18. The standard InChI is InChI=1S/C11H15N3O3/c1-2-4-14-5-3-8-7(6-14)9(10(15)16)13-11(17)12-8/h2-6H2,1H3,(H,15,16)(H,12,13,17). The first-order valence-corrected chi connectivity index (χ1v) is 5.69. The average Bonchev–Trinajstić information content (AvgIpc) is 2.28. The highest BCUT2D eigenvalue weighted by atomic mass is 16.4. The lowest BCUT2D eigenvalue weighted by atomic mass is 10.0. The summed E-state index contributed by atoms with van der Waals surface area (Å²) in [6.07, 6.45) is 1.70. The molecule has 17 heavy (non-hydrogen) atoms. The second kappa shape index (κ2) is 4.67. The summed E-state index contributed by atoms with van der Waals surface area (Å²) < 4.78 is 0. The summed E-state index contributed by atoms with van der Waals surface area (Å²) in [4.78, 5) is 30.6. The third-order valence-electron chi connectivity index (χ3n) is 2.92. The number of aromatic nitrogens is 2. The van der Waals surface area contributed by atoms with Crippen LogP contribution in [0.2, 0.25) is 0 Å². The fourth-order valence-electron chi connectivity index (χ4n) is 2.18. The molecule has 0 bridgehead atoms. The lowest BCUT2D eigenvalue weighted by molar-refractivity contribution is 0.0686. The number of carbonyl (C=O) groups is 1. The molecule has 1 aromatic heterocycles. The second-order valence-corrected chi connectivity index (χ2v) is 4.18. The molecule has 0 spiro atoms. The zero-order chi connectivity index (χ0) is 12.4. The Morgan fingerprint density at radius 1 is 1.59 bits per heavy atom. The summed E-state index contributed by atoms with van der Waals surface area (Å²) >= 11 is 0. The molecule has 6 nitrogen and oxygen atoms in total. The molecule has 0 aliphatic carbocycles. The van der Waals surface area contributed by atoms with E-state index < -0.39 is 11.7 Å². The van der Waals surface area contributed by atoms with Crippen LogP contribution in [0, 0.1) is 0 Å². The zero-order valence-electron chi connectivity index (χ0n) is 9.69. The number of hydrogen-bond acceptors (Lipinski definition) is 4. The Bertz CT molecular complexity index is 495. The number of fused-ring (bicyclic) bond motifs is 1. The Morgan fingerprint density at radius 2 is 2.35 bits per heavy atom. The van der Waals surface area contributed by atoms with Crippen molar-refractivity contribution in [1.29, 1.82) is 0 Å². The topological polar surface area (TPSA) is 86.3 Å². The molecule has 0 saturated carbocycles. The molecule has 0 fully saturated rings. The smallest absolute Gasteiger partial charge is 0.355 e. The largest absolute Gasteiger partial charge is 0.476 e. The van der Waals surface area contributed by atoms with Gasteiger partial charge in [0.15, 0.2) is 5.69 Å². The highest BCUT2D eigenvalue weighted by Gasteiger charge is 2.23. The number of nitrogens with one attached hydrogen (secondary N) is 1. The lowest BCUT2D eigenvalue weighted by Gasteiger charge is -2.28. The predicted octanol–water partition coefficient (Wildman–Crippen LogP) is 0.236. The lowest BCUT2D eigenvalue weighted by Crippen LogP contribution is -2.35. The minimum atomic E-state index is -1.13. The van der Waals surface area contributed by atoms with Crippen molar-refractivity contribution in [3.63, 3.8) is 0 Å². The quantitative estimate of drug-likeness (QED) is 0.786. The van der Waals surface area contributed by atoms with E-state index in [2.05, 4.69) is 21.8 Å². The van der Waals surface area contributed by atoms with E-state index in [0.717, 1.165) is 25.2 Å². The fraction of sp³-hybridized carbons (Fsp3) is 0.545. The molecule has 92 valence electrons. The minimum Gasteiger partial charge on any atom is -0.476 e. The molecule has 0 aromatic carbocycles. The van der Waals surface area contributed by atoms with Crippen molar-refractivity contribution in [1.82, 2.24) is 14.9 Å². The van der Waals surface area contributed by atoms with Gasteiger partial charge in [-0.05, 0) is 13.0 Å². The SMILES string of the molecule is CCCN1CCc2[nH]c(=O)nc(C(=O)O)c2C1. The number of aromatic carboxylic acids is 1. The molecule has 2 heterocycles. The van der Waals surface area contributed by atoms with Crippen molar-refractivity contribution in [2.75, 3.05) is 13.1 Å². The maximum atomic E-state index is 11.2. The van der Waals surface area contributed by atoms with Crippen LogP contribution in [0.25, 0.3) is 0 Å². The first-order chi connectivity index (χ1) is 8.11. The van der Waals surface area contributed by atoms with Gasteiger partial charge in [-0.3, -0.25) is 4.90 Å². The highest BCUT2D eigenvalue weighted by Crippen LogP contribution is 2.18. The average molecular weight is 237 g/mol. The van der Waals surface area contributed by atoms with E-state index in [0.29, 0.717) is 18.5 Å². The second-order valence-electron chi connectivity index (χ2n) is 4.18. The van der Waals surface area contributed by atoms with Crippen LogP contribution in [0.3, 0.4) is 0 Å². The third kappa shape index (κ3) is 2.36. The number of carboxylic acids is 1. The highest BCUT2D eigenvalue weighted by molar-refractivity contribution is 5.87. The summed E-state index contributed by atoms with van der Waals surface area (Å²) in [5.74, 6) is -1.13. The Hall–Kier alpha value is -1.69. The molecule has 0 radical (unpaired) electrons. The maximum Gasteiger partial charge on any atom is 0.355 e. The van der Waals surface area contributed by atoms with Gasteiger partial charge in [0, 0.05) is 30.8 Å². The first kappa shape index (κ1) is 11.8. The van der Waals surface area contributed by atoms with Gasteiger partial charge < -0.3 is 10.1 Å². The summed E-state index contributed by atoms with van der Waals surface area (Å²) in [5, 5.41) is 9.05. The molecular weight excluding hydrogens is 222 g/mol. The van der Waals surface area contributed by atoms with E-state index >= 15 is 0 Å². The molecule has 6 heteroatoms. The van der Waals surface area contributed by atoms with Crippen LogP contribution in [-0.2, 0) is 13.0 Å². The van der Waals surface area contributed by atoms with Gasteiger partial charge in [-0.25, -0.2) is 9.59 Å². The maximum absolute atomic E-state index is 11.2. The van der Waals surface area contributed by atoms with Crippen molar-refractivity contribution in [3.05, 3.63) is 27.4 Å². The van der Waals surface area contributed by atoms with E-state index in [-0.39, 0.29) is 5.69 Å². The number of rotatable bonds is 3. The summed E-state index contributed by atoms with van der Waals surface area (Å²) in [6, 6.07) is 0. The van der Waals surface area contributed by atoms with Crippen LogP contribution in [0.4, 0.5) is 0 Å². The predicted molar refractivity (Wildman–Crippen MR) is 61.1 cm³/mol. The van der Waals surface area contributed by atoms with E-state index in [9.17, 15) is 9.59 Å². The Morgan fingerprint density at radius 3 is 3.00 bits per heavy atom. The van der Waals surface area contributed by atoms with Crippen LogP contribution in [-0.4, -0.2) is 39.0 Å². The molecular formula is C11H15N3O3. The van der Waals surface area contributed by atoms with Gasteiger partial charge in [-0.2, -0.15) is 4.98 Å². The van der Waals surface area contributed by atoms with Crippen LogP contribution in [0.5, 0.6) is 0 Å². The number of H-pyrrole nitrogens is 1. The molecule has 1 aliphatic rings. The van der Waals surface area contributed by atoms with E-state index in [1.54, 1.807) is 0 Å². The normalized spacial score (nSPS) is 15.6. The van der Waals surface area contributed by atoms with Crippen LogP contribution >= 0.6 is 0 Å². The number of nitrogens with zero attached hydrogens (tertiary/aromatic N) is 2. The van der Waals surface area contributed by atoms with E-state index in [1.165, 1.54) is 0 Å². The summed E-state index contributed by atoms with van der Waals surface area (Å²) in [6.45, 7) is 4.41. The van der Waals surface area contributed by atoms with Gasteiger partial charge in [0.2, 0.25) is 0 Å². The van der Waals surface area contributed by atoms with Crippen molar-refractivity contribution >= 4 is 5.97 Å². The molecule has 0 amide bonds. The zero-order valence-corrected chi connectivity index (χ0v) is 9.69. The minimum absolute atomic E-state index is 0.107. The van der Waals surface area contributed by atoms with Gasteiger partial charge in [-0.15, -0.1) is 0 Å². The number of hydrogen-bond donors (Lipinski definition) is 2. The molecule has 0 saturated heterocycles. The van der Waals surface area contributed by atoms with Gasteiger partial charge in [0.25, 0.3) is 0 Å². The monoisotopic (exact) mass is 237 g/mol. The van der Waals surface area contributed by atoms with Crippen LogP contribution in [0.15, 0.2) is 4.79 Å². The number of aromatic amines is 1. The van der Waals surface area contributed by atoms with E-state index in [4.69, 9.17) is 5.11 Å². The summed E-state index contributed by atoms with van der Waals surface area (Å²) in [7, 11) is 0. The molecule has 1 aliphatic heterocycles. The Kier molecular flexibility index (Phi) is 3.23. The first-order valence-electron chi connectivity index (χ1n) is 5.69. The van der Waals surface area contributed by atoms with Gasteiger partial charge in [0.05, 0.1) is 0 Å². The molecule has 0 atom stereocenters. The Labute approximate surface area is 98.3 Å². The van der Waals surface area contributed by atoms with Crippen molar-refractivity contribution < 1.29 is 9.90 Å². The van der Waals surface area contributed by atoms with E-state index in [1.807, 2.05) is 0 Å². The molecule has 2 rings (SSSR count). The van der Waals surface area contributed by atoms with Crippen LogP contribution in [0.1, 0.15) is 35.1 Å². The molecule has 1 aromatic rings. The summed E-state index contributed by atoms with van der Waals surface area (Å²) in [5.41, 5.74) is 0.682. The van der Waals surface area contributed by atoms with Gasteiger partial charge in [-0.1, -0.05) is 6.92 Å². The van der Waals surface area contributed by atoms with Crippen molar-refractivity contribution in [2.24, 2.45) is 0 Å². The Balaban J connectivity index is 2.41. The third-order valence-corrected chi connectivity index (χ3v) is 2.92. The molecule has 2 N–H and O–H groups in total. The van der Waals surface area contributed by atoms with Crippen molar-refractivity contribution in [2.45, 2.75) is 26.3 Å². The number of carboxylic acid groups (broad SMARTS) is 1. The molecule has 0 unspecified atom stereocenters. The van der Waals surface area contributed by atoms with Gasteiger partial charge >= 0.3 is 11.7 Å². The van der Waals surface area contributed by atoms with Crippen molar-refractivity contribution in [3.8, 4) is 0 Å². The van der Waals surface area contributed by atoms with Gasteiger partial charge in [0.1, 0.15) is 0 Å². The van der Waals surface area contributed by atoms with Crippen LogP contribution < -0.4 is 5.69 Å².